The fourth-order valence-electron chi connectivity index (χ4n) is 2.84. The van der Waals surface area contributed by atoms with Gasteiger partial charge >= 0.3 is 0 Å². The number of anilines is 1. The molecule has 112 valence electrons. The topological polar surface area (TPSA) is 73.2 Å². The van der Waals surface area contributed by atoms with Gasteiger partial charge in [0.25, 0.3) is 0 Å². The van der Waals surface area contributed by atoms with Crippen LogP contribution in [-0.2, 0) is 6.42 Å². The average molecular weight is 287 g/mol. The maximum absolute atomic E-state index is 6.06. The van der Waals surface area contributed by atoms with Crippen molar-refractivity contribution in [3.05, 3.63) is 23.9 Å². The lowest BCUT2D eigenvalue weighted by atomic mass is 9.81. The summed E-state index contributed by atoms with van der Waals surface area (Å²) >= 11 is 0. The van der Waals surface area contributed by atoms with Gasteiger partial charge in [0.15, 0.2) is 17.3 Å². The van der Waals surface area contributed by atoms with Crippen LogP contribution in [0.15, 0.2) is 18.2 Å². The largest absolute Gasteiger partial charge is 0.493 e. The molecule has 1 fully saturated rings. The monoisotopic (exact) mass is 287 g/mol. The normalized spacial score (nSPS) is 14.8. The number of nitrogens with zero attached hydrogens (tertiary/aromatic N) is 1. The molecule has 1 aromatic heterocycles. The molecule has 0 aliphatic heterocycles. The molecular formula is C16H21N3O2. The van der Waals surface area contributed by atoms with Crippen LogP contribution in [-0.4, -0.2) is 24.4 Å². The highest BCUT2D eigenvalue weighted by molar-refractivity contribution is 5.78. The highest BCUT2D eigenvalue weighted by Crippen LogP contribution is 2.38. The number of nitrogens with two attached hydrogens (primary N) is 1. The minimum atomic E-state index is 0.538. The van der Waals surface area contributed by atoms with Crippen molar-refractivity contribution in [1.29, 1.82) is 0 Å². The highest BCUT2D eigenvalue weighted by Gasteiger charge is 2.22. The van der Waals surface area contributed by atoms with Crippen molar-refractivity contribution >= 4 is 5.82 Å². The Morgan fingerprint density at radius 1 is 1.24 bits per heavy atom. The van der Waals surface area contributed by atoms with Crippen LogP contribution in [0.1, 0.15) is 25.0 Å². The van der Waals surface area contributed by atoms with Gasteiger partial charge < -0.3 is 15.2 Å². The molecule has 5 heteroatoms. The molecule has 1 aliphatic rings. The molecule has 0 saturated heterocycles. The van der Waals surface area contributed by atoms with Gasteiger partial charge in [-0.1, -0.05) is 25.3 Å². The van der Waals surface area contributed by atoms with Crippen LogP contribution in [0, 0.1) is 5.92 Å². The molecule has 0 bridgehead atoms. The molecule has 3 N–H and O–H groups in total. The van der Waals surface area contributed by atoms with E-state index >= 15 is 0 Å². The van der Waals surface area contributed by atoms with Crippen LogP contribution in [0.2, 0.25) is 0 Å². The Balaban J connectivity index is 1.97. The minimum absolute atomic E-state index is 0.538. The van der Waals surface area contributed by atoms with Gasteiger partial charge in [0.05, 0.1) is 14.2 Å². The zero-order chi connectivity index (χ0) is 14.8. The molecule has 0 atom stereocenters. The van der Waals surface area contributed by atoms with Crippen molar-refractivity contribution in [3.8, 4) is 22.6 Å². The summed E-state index contributed by atoms with van der Waals surface area (Å²) in [5, 5.41) is 7.27. The van der Waals surface area contributed by atoms with E-state index in [1.165, 1.54) is 19.3 Å². The summed E-state index contributed by atoms with van der Waals surface area (Å²) in [6.45, 7) is 0. The van der Waals surface area contributed by atoms with E-state index in [4.69, 9.17) is 15.2 Å². The number of aromatic nitrogens is 2. The average Bonchev–Trinajstić information content (AvgIpc) is 2.83. The van der Waals surface area contributed by atoms with Gasteiger partial charge in [-0.15, -0.1) is 0 Å². The number of nitrogen functional groups attached to an aromatic ring is 1. The van der Waals surface area contributed by atoms with Gasteiger partial charge in [0.2, 0.25) is 0 Å². The number of methoxy groups -OCH3 is 2. The Hall–Kier alpha value is -2.17. The number of ether oxygens (including phenoxy) is 2. The van der Waals surface area contributed by atoms with Crippen molar-refractivity contribution in [2.45, 2.75) is 25.7 Å². The first-order valence-electron chi connectivity index (χ1n) is 7.28. The van der Waals surface area contributed by atoms with Crippen LogP contribution in [0.4, 0.5) is 5.82 Å². The molecule has 0 spiro atoms. The van der Waals surface area contributed by atoms with Gasteiger partial charge in [0.1, 0.15) is 0 Å². The summed E-state index contributed by atoms with van der Waals surface area (Å²) in [7, 11) is 3.27. The number of hydrogen-bond acceptors (Lipinski definition) is 4. The molecule has 21 heavy (non-hydrogen) atoms. The highest BCUT2D eigenvalue weighted by atomic mass is 16.5. The van der Waals surface area contributed by atoms with E-state index in [1.54, 1.807) is 14.2 Å². The Bertz CT molecular complexity index is 632. The molecule has 5 nitrogen and oxygen atoms in total. The number of benzene rings is 1. The summed E-state index contributed by atoms with van der Waals surface area (Å²) in [5.74, 6) is 2.70. The molecule has 0 unspecified atom stereocenters. The Morgan fingerprint density at radius 2 is 2.00 bits per heavy atom. The second-order valence-electron chi connectivity index (χ2n) is 5.53. The minimum Gasteiger partial charge on any atom is -0.493 e. The number of H-pyrrole nitrogens is 1. The SMILES string of the molecule is COc1ccc(-c2c(N)n[nH]c2CC2CCC2)cc1OC. The van der Waals surface area contributed by atoms with Crippen LogP contribution in [0.25, 0.3) is 11.1 Å². The molecule has 0 radical (unpaired) electrons. The van der Waals surface area contributed by atoms with Crippen molar-refractivity contribution in [3.63, 3.8) is 0 Å². The quantitative estimate of drug-likeness (QED) is 0.886. The van der Waals surface area contributed by atoms with Gasteiger partial charge in [-0.2, -0.15) is 5.10 Å². The summed E-state index contributed by atoms with van der Waals surface area (Å²) < 4.78 is 10.7. The number of aromatic amines is 1. The lowest BCUT2D eigenvalue weighted by molar-refractivity contribution is 0.312. The second kappa shape index (κ2) is 5.68. The fraction of sp³-hybridized carbons (Fsp3) is 0.438. The lowest BCUT2D eigenvalue weighted by Crippen LogP contribution is -2.14. The van der Waals surface area contributed by atoms with Crippen LogP contribution < -0.4 is 15.2 Å². The maximum atomic E-state index is 6.06. The fourth-order valence-corrected chi connectivity index (χ4v) is 2.84. The molecule has 1 saturated carbocycles. The van der Waals surface area contributed by atoms with Gasteiger partial charge in [0, 0.05) is 11.3 Å². The predicted molar refractivity (Wildman–Crippen MR) is 82.6 cm³/mol. The number of nitrogens with one attached hydrogen (secondary N) is 1. The second-order valence-corrected chi connectivity index (χ2v) is 5.53. The number of rotatable bonds is 5. The van der Waals surface area contributed by atoms with Gasteiger partial charge in [-0.3, -0.25) is 5.10 Å². The van der Waals surface area contributed by atoms with E-state index < -0.39 is 0 Å². The van der Waals surface area contributed by atoms with E-state index in [-0.39, 0.29) is 0 Å². The first-order chi connectivity index (χ1) is 10.2. The van der Waals surface area contributed by atoms with E-state index in [0.29, 0.717) is 17.3 Å². The van der Waals surface area contributed by atoms with Crippen LogP contribution >= 0.6 is 0 Å². The Morgan fingerprint density at radius 3 is 2.62 bits per heavy atom. The first-order valence-corrected chi connectivity index (χ1v) is 7.28. The third-order valence-corrected chi connectivity index (χ3v) is 4.26. The molecular weight excluding hydrogens is 266 g/mol. The standard InChI is InChI=1S/C16H21N3O2/c1-20-13-7-6-11(9-14(13)21-2)15-12(18-19-16(15)17)8-10-4-3-5-10/h6-7,9-10H,3-5,8H2,1-2H3,(H3,17,18,19). The first kappa shape index (κ1) is 13.8. The Kier molecular flexibility index (Phi) is 3.73. The van der Waals surface area contributed by atoms with Crippen molar-refractivity contribution in [2.75, 3.05) is 20.0 Å². The van der Waals surface area contributed by atoms with Gasteiger partial charge in [-0.25, -0.2) is 0 Å². The number of hydrogen-bond donors (Lipinski definition) is 2. The van der Waals surface area contributed by atoms with Crippen LogP contribution in [0.5, 0.6) is 11.5 Å². The van der Waals surface area contributed by atoms with E-state index in [1.807, 2.05) is 18.2 Å². The third kappa shape index (κ3) is 2.55. The molecule has 2 aromatic rings. The molecule has 1 aromatic carbocycles. The summed E-state index contributed by atoms with van der Waals surface area (Å²) in [6, 6.07) is 5.84. The predicted octanol–water partition coefficient (Wildman–Crippen LogP) is 3.02. The molecule has 1 aliphatic carbocycles. The Labute approximate surface area is 124 Å². The summed E-state index contributed by atoms with van der Waals surface area (Å²) in [6.07, 6.45) is 4.93. The molecule has 0 amide bonds. The zero-order valence-corrected chi connectivity index (χ0v) is 12.5. The summed E-state index contributed by atoms with van der Waals surface area (Å²) in [4.78, 5) is 0. The maximum Gasteiger partial charge on any atom is 0.161 e. The van der Waals surface area contributed by atoms with Crippen molar-refractivity contribution in [1.82, 2.24) is 10.2 Å². The lowest BCUT2D eigenvalue weighted by Gasteiger charge is -2.25. The third-order valence-electron chi connectivity index (χ3n) is 4.26. The van der Waals surface area contributed by atoms with Crippen LogP contribution in [0.3, 0.4) is 0 Å². The van der Waals surface area contributed by atoms with E-state index in [0.717, 1.165) is 29.2 Å². The van der Waals surface area contributed by atoms with Gasteiger partial charge in [-0.05, 0) is 30.0 Å². The zero-order valence-electron chi connectivity index (χ0n) is 12.5. The van der Waals surface area contributed by atoms with Crippen molar-refractivity contribution < 1.29 is 9.47 Å². The smallest absolute Gasteiger partial charge is 0.161 e. The van der Waals surface area contributed by atoms with E-state index in [9.17, 15) is 0 Å². The summed E-state index contributed by atoms with van der Waals surface area (Å²) in [5.41, 5.74) is 9.17. The molecule has 1 heterocycles. The molecule has 3 rings (SSSR count). The van der Waals surface area contributed by atoms with Crippen molar-refractivity contribution in [2.24, 2.45) is 5.92 Å². The van der Waals surface area contributed by atoms with E-state index in [2.05, 4.69) is 10.2 Å².